The van der Waals surface area contributed by atoms with E-state index in [-0.39, 0.29) is 11.7 Å². The van der Waals surface area contributed by atoms with E-state index in [1.54, 1.807) is 41.4 Å². The molecule has 2 rings (SSSR count). The van der Waals surface area contributed by atoms with Gasteiger partial charge in [-0.2, -0.15) is 5.10 Å². The molecule has 0 saturated carbocycles. The highest BCUT2D eigenvalue weighted by atomic mass is 16.5. The van der Waals surface area contributed by atoms with Crippen LogP contribution in [0.4, 0.5) is 5.69 Å². The summed E-state index contributed by atoms with van der Waals surface area (Å²) in [6, 6.07) is 4.90. The summed E-state index contributed by atoms with van der Waals surface area (Å²) in [5, 5.41) is 6.67. The summed E-state index contributed by atoms with van der Waals surface area (Å²) in [5.41, 5.74) is 1.77. The normalized spacial score (nSPS) is 10.7. The summed E-state index contributed by atoms with van der Waals surface area (Å²) >= 11 is 0. The van der Waals surface area contributed by atoms with E-state index in [0.29, 0.717) is 17.0 Å². The lowest BCUT2D eigenvalue weighted by Gasteiger charge is -2.09. The first-order valence-electron chi connectivity index (χ1n) is 6.66. The van der Waals surface area contributed by atoms with Crippen LogP contribution in [0.1, 0.15) is 22.8 Å². The Morgan fingerprint density at radius 3 is 2.73 bits per heavy atom. The van der Waals surface area contributed by atoms with Crippen LogP contribution in [0.25, 0.3) is 6.08 Å². The molecule has 1 heterocycles. The van der Waals surface area contributed by atoms with E-state index in [4.69, 9.17) is 4.74 Å². The van der Waals surface area contributed by atoms with Gasteiger partial charge in [0.2, 0.25) is 5.91 Å². The number of benzene rings is 1. The number of ketones is 1. The Balaban J connectivity index is 2.22. The van der Waals surface area contributed by atoms with Gasteiger partial charge in [-0.1, -0.05) is 0 Å². The molecule has 0 aliphatic rings. The van der Waals surface area contributed by atoms with Gasteiger partial charge in [0.15, 0.2) is 5.78 Å². The van der Waals surface area contributed by atoms with Gasteiger partial charge in [0.1, 0.15) is 5.75 Å². The second-order valence-corrected chi connectivity index (χ2v) is 4.74. The number of hydrogen-bond acceptors (Lipinski definition) is 4. The number of rotatable bonds is 5. The van der Waals surface area contributed by atoms with Crippen LogP contribution in [-0.4, -0.2) is 28.6 Å². The molecule has 1 amide bonds. The van der Waals surface area contributed by atoms with Gasteiger partial charge in [-0.15, -0.1) is 0 Å². The summed E-state index contributed by atoms with van der Waals surface area (Å²) in [6.07, 6.45) is 6.63. The first-order valence-corrected chi connectivity index (χ1v) is 6.66. The fraction of sp³-hybridized carbons (Fsp3) is 0.188. The number of nitrogens with zero attached hydrogens (tertiary/aromatic N) is 2. The maximum absolute atomic E-state index is 12.2. The Hall–Kier alpha value is -2.89. The van der Waals surface area contributed by atoms with Gasteiger partial charge >= 0.3 is 0 Å². The number of amides is 1. The van der Waals surface area contributed by atoms with E-state index in [2.05, 4.69) is 10.4 Å². The van der Waals surface area contributed by atoms with Gasteiger partial charge in [0.05, 0.1) is 19.0 Å². The predicted octanol–water partition coefficient (Wildman–Crippen LogP) is 2.28. The van der Waals surface area contributed by atoms with Crippen LogP contribution >= 0.6 is 0 Å². The third-order valence-electron chi connectivity index (χ3n) is 2.95. The van der Waals surface area contributed by atoms with Crippen molar-refractivity contribution in [3.8, 4) is 5.75 Å². The molecule has 1 aromatic carbocycles. The number of aryl methyl sites for hydroxylation is 1. The van der Waals surface area contributed by atoms with Gasteiger partial charge < -0.3 is 10.1 Å². The van der Waals surface area contributed by atoms with Crippen LogP contribution in [0.2, 0.25) is 0 Å². The van der Waals surface area contributed by atoms with Crippen molar-refractivity contribution in [3.05, 3.63) is 47.8 Å². The standard InChI is InChI=1S/C16H17N3O3/c1-11(20)18-14-8-13(5-7-16(14)22-3)15(21)6-4-12-9-17-19(2)10-12/h4-10H,1-3H3,(H,18,20). The van der Waals surface area contributed by atoms with Gasteiger partial charge in [-0.05, 0) is 30.4 Å². The van der Waals surface area contributed by atoms with Crippen molar-refractivity contribution in [2.75, 3.05) is 12.4 Å². The van der Waals surface area contributed by atoms with E-state index >= 15 is 0 Å². The lowest BCUT2D eigenvalue weighted by Crippen LogP contribution is -2.08. The summed E-state index contributed by atoms with van der Waals surface area (Å²) in [5.74, 6) is 0.106. The number of carbonyl (C=O) groups excluding carboxylic acids is 2. The van der Waals surface area contributed by atoms with Gasteiger partial charge in [0, 0.05) is 31.3 Å². The largest absolute Gasteiger partial charge is 0.495 e. The topological polar surface area (TPSA) is 73.2 Å². The van der Waals surface area contributed by atoms with Crippen molar-refractivity contribution >= 4 is 23.5 Å². The minimum atomic E-state index is -0.228. The number of hydrogen-bond donors (Lipinski definition) is 1. The van der Waals surface area contributed by atoms with Crippen molar-refractivity contribution in [2.45, 2.75) is 6.92 Å². The number of aromatic nitrogens is 2. The summed E-state index contributed by atoms with van der Waals surface area (Å²) in [6.45, 7) is 1.40. The van der Waals surface area contributed by atoms with Crippen LogP contribution in [0.15, 0.2) is 36.7 Å². The maximum Gasteiger partial charge on any atom is 0.221 e. The van der Waals surface area contributed by atoms with E-state index in [9.17, 15) is 9.59 Å². The van der Waals surface area contributed by atoms with Gasteiger partial charge in [-0.3, -0.25) is 14.3 Å². The van der Waals surface area contributed by atoms with Crippen molar-refractivity contribution in [1.29, 1.82) is 0 Å². The number of anilines is 1. The molecule has 0 unspecified atom stereocenters. The highest BCUT2D eigenvalue weighted by Crippen LogP contribution is 2.25. The predicted molar refractivity (Wildman–Crippen MR) is 83.9 cm³/mol. The molecule has 0 atom stereocenters. The average molecular weight is 299 g/mol. The molecule has 1 N–H and O–H groups in total. The smallest absolute Gasteiger partial charge is 0.221 e. The molecule has 6 heteroatoms. The minimum absolute atomic E-state index is 0.168. The molecule has 0 fully saturated rings. The Morgan fingerprint density at radius 2 is 2.14 bits per heavy atom. The molecule has 114 valence electrons. The fourth-order valence-corrected chi connectivity index (χ4v) is 1.94. The highest BCUT2D eigenvalue weighted by molar-refractivity contribution is 6.08. The fourth-order valence-electron chi connectivity index (χ4n) is 1.94. The van der Waals surface area contributed by atoms with Crippen molar-refractivity contribution in [1.82, 2.24) is 9.78 Å². The number of nitrogens with one attached hydrogen (secondary N) is 1. The summed E-state index contributed by atoms with van der Waals surface area (Å²) in [4.78, 5) is 23.4. The third-order valence-corrected chi connectivity index (χ3v) is 2.95. The van der Waals surface area contributed by atoms with Crippen LogP contribution in [0.5, 0.6) is 5.75 Å². The van der Waals surface area contributed by atoms with Crippen molar-refractivity contribution in [3.63, 3.8) is 0 Å². The van der Waals surface area contributed by atoms with Crippen molar-refractivity contribution in [2.24, 2.45) is 7.05 Å². The van der Waals surface area contributed by atoms with Crippen LogP contribution in [0.3, 0.4) is 0 Å². The second kappa shape index (κ2) is 6.71. The zero-order valence-corrected chi connectivity index (χ0v) is 12.7. The van der Waals surface area contributed by atoms with Gasteiger partial charge in [0.25, 0.3) is 0 Å². The number of ether oxygens (including phenoxy) is 1. The molecule has 0 spiro atoms. The Kier molecular flexibility index (Phi) is 4.73. The van der Waals surface area contributed by atoms with Crippen LogP contribution in [-0.2, 0) is 11.8 Å². The van der Waals surface area contributed by atoms with Crippen molar-refractivity contribution < 1.29 is 14.3 Å². The Morgan fingerprint density at radius 1 is 1.36 bits per heavy atom. The molecule has 22 heavy (non-hydrogen) atoms. The van der Waals surface area contributed by atoms with E-state index in [1.165, 1.54) is 20.1 Å². The molecule has 0 bridgehead atoms. The summed E-state index contributed by atoms with van der Waals surface area (Å²) in [7, 11) is 3.31. The second-order valence-electron chi connectivity index (χ2n) is 4.74. The highest BCUT2D eigenvalue weighted by Gasteiger charge is 2.09. The monoisotopic (exact) mass is 299 g/mol. The molecular formula is C16H17N3O3. The summed E-state index contributed by atoms with van der Waals surface area (Å²) < 4.78 is 6.82. The van der Waals surface area contributed by atoms with E-state index in [0.717, 1.165) is 5.56 Å². The first kappa shape index (κ1) is 15.5. The zero-order chi connectivity index (χ0) is 16.1. The van der Waals surface area contributed by atoms with E-state index in [1.807, 2.05) is 7.05 Å². The first-order chi connectivity index (χ1) is 10.5. The lowest BCUT2D eigenvalue weighted by molar-refractivity contribution is -0.114. The Bertz CT molecular complexity index is 732. The lowest BCUT2D eigenvalue weighted by atomic mass is 10.1. The van der Waals surface area contributed by atoms with Gasteiger partial charge in [-0.25, -0.2) is 0 Å². The average Bonchev–Trinajstić information content (AvgIpc) is 2.89. The van der Waals surface area contributed by atoms with Crippen LogP contribution < -0.4 is 10.1 Å². The SMILES string of the molecule is COc1ccc(C(=O)C=Cc2cnn(C)c2)cc1NC(C)=O. The number of carbonyl (C=O) groups is 2. The number of methoxy groups -OCH3 is 1. The van der Waals surface area contributed by atoms with Crippen LogP contribution in [0, 0.1) is 0 Å². The molecule has 0 radical (unpaired) electrons. The molecule has 0 aliphatic heterocycles. The maximum atomic E-state index is 12.2. The minimum Gasteiger partial charge on any atom is -0.495 e. The third kappa shape index (κ3) is 3.82. The quantitative estimate of drug-likeness (QED) is 0.679. The molecule has 6 nitrogen and oxygen atoms in total. The molecule has 1 aromatic heterocycles. The number of allylic oxidation sites excluding steroid dienone is 1. The molecular weight excluding hydrogens is 282 g/mol. The molecule has 2 aromatic rings. The molecule has 0 saturated heterocycles. The van der Waals surface area contributed by atoms with E-state index < -0.39 is 0 Å². The Labute approximate surface area is 128 Å². The zero-order valence-electron chi connectivity index (χ0n) is 12.7. The molecule has 0 aliphatic carbocycles.